The summed E-state index contributed by atoms with van der Waals surface area (Å²) in [6.45, 7) is 4.66. The van der Waals surface area contributed by atoms with E-state index in [1.54, 1.807) is 7.05 Å². The Morgan fingerprint density at radius 2 is 1.95 bits per heavy atom. The van der Waals surface area contributed by atoms with Gasteiger partial charge in [-0.2, -0.15) is 0 Å². The molecule has 4 heteroatoms. The van der Waals surface area contributed by atoms with Crippen LogP contribution in [-0.4, -0.2) is 35.5 Å². The summed E-state index contributed by atoms with van der Waals surface area (Å²) in [6.07, 6.45) is 2.69. The number of carbonyl (C=O) groups is 2. The van der Waals surface area contributed by atoms with Crippen LogP contribution in [-0.2, 0) is 16.0 Å². The van der Waals surface area contributed by atoms with Gasteiger partial charge in [0.05, 0.1) is 0 Å². The number of nitrogens with zero attached hydrogens (tertiary/aromatic N) is 1. The molecule has 1 N–H and O–H groups in total. The average Bonchev–Trinajstić information content (AvgIpc) is 2.34. The fourth-order valence-electron chi connectivity index (χ4n) is 1.79. The first-order valence-corrected chi connectivity index (χ1v) is 6.12. The number of amides is 1. The Balaban J connectivity index is 2.56. The van der Waals surface area contributed by atoms with Crippen LogP contribution in [0.5, 0.6) is 0 Å². The summed E-state index contributed by atoms with van der Waals surface area (Å²) in [5.74, 6) is -1.41. The summed E-state index contributed by atoms with van der Waals surface area (Å²) in [4.78, 5) is 23.4. The molecule has 1 aromatic carbocycles. The molecule has 0 saturated heterocycles. The fourth-order valence-corrected chi connectivity index (χ4v) is 1.79. The quantitative estimate of drug-likeness (QED) is 0.824. The maximum Gasteiger partial charge on any atom is 0.328 e. The molecule has 0 fully saturated rings. The minimum absolute atomic E-state index is 0.299. The van der Waals surface area contributed by atoms with Gasteiger partial charge in [-0.3, -0.25) is 4.79 Å². The van der Waals surface area contributed by atoms with Crippen molar-refractivity contribution in [2.45, 2.75) is 20.3 Å². The van der Waals surface area contributed by atoms with Gasteiger partial charge in [-0.25, -0.2) is 4.79 Å². The van der Waals surface area contributed by atoms with Crippen LogP contribution in [0.1, 0.15) is 16.7 Å². The van der Waals surface area contributed by atoms with Crippen molar-refractivity contribution < 1.29 is 14.7 Å². The molecule has 0 aliphatic rings. The van der Waals surface area contributed by atoms with E-state index in [2.05, 4.69) is 25.1 Å². The van der Waals surface area contributed by atoms with Crippen molar-refractivity contribution in [3.63, 3.8) is 0 Å². The van der Waals surface area contributed by atoms with E-state index in [0.29, 0.717) is 6.54 Å². The van der Waals surface area contributed by atoms with Gasteiger partial charge < -0.3 is 10.0 Å². The maximum atomic E-state index is 11.6. The van der Waals surface area contributed by atoms with Crippen molar-refractivity contribution in [2.75, 3.05) is 13.6 Å². The van der Waals surface area contributed by atoms with Crippen molar-refractivity contribution in [2.24, 2.45) is 0 Å². The van der Waals surface area contributed by atoms with Gasteiger partial charge in [-0.15, -0.1) is 0 Å². The van der Waals surface area contributed by atoms with Crippen LogP contribution < -0.4 is 0 Å². The smallest absolute Gasteiger partial charge is 0.328 e. The average molecular weight is 261 g/mol. The monoisotopic (exact) mass is 261 g/mol. The van der Waals surface area contributed by atoms with Crippen LogP contribution in [0.25, 0.3) is 0 Å². The van der Waals surface area contributed by atoms with Crippen LogP contribution in [0.2, 0.25) is 0 Å². The Hall–Kier alpha value is -2.10. The Morgan fingerprint density at radius 1 is 1.26 bits per heavy atom. The summed E-state index contributed by atoms with van der Waals surface area (Å²) in [5, 5.41) is 8.46. The topological polar surface area (TPSA) is 57.6 Å². The third kappa shape index (κ3) is 4.95. The van der Waals surface area contributed by atoms with Gasteiger partial charge in [0.25, 0.3) is 0 Å². The number of benzene rings is 1. The fraction of sp³-hybridized carbons (Fsp3) is 0.333. The van der Waals surface area contributed by atoms with Crippen LogP contribution in [0.3, 0.4) is 0 Å². The zero-order chi connectivity index (χ0) is 14.4. The molecular weight excluding hydrogens is 242 g/mol. The lowest BCUT2D eigenvalue weighted by atomic mass is 10.0. The van der Waals surface area contributed by atoms with Gasteiger partial charge in [0.15, 0.2) is 0 Å². The van der Waals surface area contributed by atoms with Gasteiger partial charge in [0, 0.05) is 25.7 Å². The number of hydrogen-bond donors (Lipinski definition) is 1. The number of hydrogen-bond acceptors (Lipinski definition) is 2. The first kappa shape index (κ1) is 15.0. The Morgan fingerprint density at radius 3 is 2.53 bits per heavy atom. The predicted octanol–water partition coefficient (Wildman–Crippen LogP) is 1.95. The molecule has 0 bridgehead atoms. The van der Waals surface area contributed by atoms with E-state index < -0.39 is 5.97 Å². The molecule has 0 aliphatic heterocycles. The zero-order valence-electron chi connectivity index (χ0n) is 11.5. The molecule has 0 radical (unpaired) electrons. The van der Waals surface area contributed by atoms with E-state index in [4.69, 9.17) is 5.11 Å². The third-order valence-corrected chi connectivity index (χ3v) is 2.96. The van der Waals surface area contributed by atoms with Gasteiger partial charge >= 0.3 is 5.97 Å². The molecule has 0 saturated carbocycles. The molecular formula is C15H19NO3. The highest BCUT2D eigenvalue weighted by atomic mass is 16.4. The minimum Gasteiger partial charge on any atom is -0.478 e. The zero-order valence-corrected chi connectivity index (χ0v) is 11.5. The molecule has 1 rings (SSSR count). The second-order valence-corrected chi connectivity index (χ2v) is 4.61. The molecule has 4 nitrogen and oxygen atoms in total. The van der Waals surface area contributed by atoms with Crippen molar-refractivity contribution in [3.05, 3.63) is 47.0 Å². The number of rotatable bonds is 5. The van der Waals surface area contributed by atoms with E-state index in [9.17, 15) is 9.59 Å². The molecule has 1 aromatic rings. The van der Waals surface area contributed by atoms with Gasteiger partial charge in [-0.05, 0) is 31.4 Å². The van der Waals surface area contributed by atoms with Crippen molar-refractivity contribution in [1.82, 2.24) is 4.90 Å². The van der Waals surface area contributed by atoms with E-state index in [1.807, 2.05) is 6.92 Å². The largest absolute Gasteiger partial charge is 0.478 e. The van der Waals surface area contributed by atoms with Crippen molar-refractivity contribution in [1.29, 1.82) is 0 Å². The molecule has 0 unspecified atom stereocenters. The standard InChI is InChI=1S/C15H19NO3/c1-11-4-5-13(12(2)10-11)8-9-16(3)14(17)6-7-15(18)19/h4-7,10H,8-9H2,1-3H3,(H,18,19)/b7-6+. The van der Waals surface area contributed by atoms with Crippen molar-refractivity contribution >= 4 is 11.9 Å². The summed E-state index contributed by atoms with van der Waals surface area (Å²) in [6, 6.07) is 6.23. The number of carboxylic acid groups (broad SMARTS) is 1. The molecule has 0 heterocycles. The highest BCUT2D eigenvalue weighted by Crippen LogP contribution is 2.11. The summed E-state index contributed by atoms with van der Waals surface area (Å²) < 4.78 is 0. The van der Waals surface area contributed by atoms with Crippen LogP contribution >= 0.6 is 0 Å². The Kier molecular flexibility index (Phi) is 5.30. The third-order valence-electron chi connectivity index (χ3n) is 2.96. The van der Waals surface area contributed by atoms with Gasteiger partial charge in [-0.1, -0.05) is 23.8 Å². The van der Waals surface area contributed by atoms with Crippen LogP contribution in [0.4, 0.5) is 0 Å². The van der Waals surface area contributed by atoms with Crippen molar-refractivity contribution in [3.8, 4) is 0 Å². The molecule has 0 aromatic heterocycles. The minimum atomic E-state index is -1.11. The second-order valence-electron chi connectivity index (χ2n) is 4.61. The van der Waals surface area contributed by atoms with Gasteiger partial charge in [0.2, 0.25) is 5.91 Å². The van der Waals surface area contributed by atoms with E-state index in [0.717, 1.165) is 18.6 Å². The molecule has 0 atom stereocenters. The molecule has 0 aliphatic carbocycles. The predicted molar refractivity (Wildman–Crippen MR) is 74.0 cm³/mol. The first-order valence-electron chi connectivity index (χ1n) is 6.12. The SMILES string of the molecule is Cc1ccc(CCN(C)C(=O)/C=C/C(=O)O)c(C)c1. The number of carboxylic acids is 1. The highest BCUT2D eigenvalue weighted by molar-refractivity contribution is 5.93. The summed E-state index contributed by atoms with van der Waals surface area (Å²) in [5.41, 5.74) is 3.63. The Bertz CT molecular complexity index is 506. The van der Waals surface area contributed by atoms with E-state index >= 15 is 0 Å². The molecule has 102 valence electrons. The van der Waals surface area contributed by atoms with Crippen LogP contribution in [0.15, 0.2) is 30.4 Å². The lowest BCUT2D eigenvalue weighted by Gasteiger charge is -2.16. The van der Waals surface area contributed by atoms with Gasteiger partial charge in [0.1, 0.15) is 0 Å². The summed E-state index contributed by atoms with van der Waals surface area (Å²) in [7, 11) is 1.66. The molecule has 0 spiro atoms. The summed E-state index contributed by atoms with van der Waals surface area (Å²) >= 11 is 0. The molecule has 19 heavy (non-hydrogen) atoms. The van der Waals surface area contributed by atoms with E-state index in [-0.39, 0.29) is 5.91 Å². The van der Waals surface area contributed by atoms with Crippen LogP contribution in [0, 0.1) is 13.8 Å². The number of aliphatic carboxylic acids is 1. The second kappa shape index (κ2) is 6.73. The Labute approximate surface area is 113 Å². The first-order chi connectivity index (χ1) is 8.90. The normalized spacial score (nSPS) is 10.7. The lowest BCUT2D eigenvalue weighted by molar-refractivity contribution is -0.132. The highest BCUT2D eigenvalue weighted by Gasteiger charge is 2.06. The van der Waals surface area contributed by atoms with E-state index in [1.165, 1.54) is 21.6 Å². The number of likely N-dealkylation sites (N-methyl/N-ethyl adjacent to an activating group) is 1. The number of carbonyl (C=O) groups excluding carboxylic acids is 1. The number of aryl methyl sites for hydroxylation is 2. The molecule has 1 amide bonds. The lowest BCUT2D eigenvalue weighted by Crippen LogP contribution is -2.27. The maximum absolute atomic E-state index is 11.6.